The van der Waals surface area contributed by atoms with Gasteiger partial charge in [-0.05, 0) is 13.0 Å². The Morgan fingerprint density at radius 1 is 1.35 bits per heavy atom. The first kappa shape index (κ1) is 13.3. The van der Waals surface area contributed by atoms with Crippen LogP contribution in [0.15, 0.2) is 6.07 Å². The maximum atomic E-state index is 6.13. The molecule has 20 heavy (non-hydrogen) atoms. The van der Waals surface area contributed by atoms with Gasteiger partial charge < -0.3 is 14.2 Å². The minimum atomic E-state index is 0.00768. The van der Waals surface area contributed by atoms with Crippen molar-refractivity contribution in [3.8, 4) is 11.6 Å². The first-order valence-corrected chi connectivity index (χ1v) is 6.68. The molecule has 0 saturated carbocycles. The Balaban J connectivity index is 2.05. The van der Waals surface area contributed by atoms with E-state index in [-0.39, 0.29) is 6.10 Å². The number of fused-ring (bicyclic) bond motifs is 1. The zero-order valence-corrected chi connectivity index (χ0v) is 12.0. The van der Waals surface area contributed by atoms with Crippen molar-refractivity contribution >= 4 is 22.6 Å². The third-order valence-corrected chi connectivity index (χ3v) is 3.35. The lowest BCUT2D eigenvalue weighted by Crippen LogP contribution is -2.16. The molecular weight excluding hydrogens is 282 g/mol. The van der Waals surface area contributed by atoms with Crippen molar-refractivity contribution in [2.75, 3.05) is 20.3 Å². The van der Waals surface area contributed by atoms with Crippen LogP contribution in [0.2, 0.25) is 5.15 Å². The Morgan fingerprint density at radius 3 is 2.90 bits per heavy atom. The summed E-state index contributed by atoms with van der Waals surface area (Å²) in [5, 5.41) is 1.00. The first-order chi connectivity index (χ1) is 9.67. The van der Waals surface area contributed by atoms with E-state index in [0.717, 1.165) is 6.42 Å². The summed E-state index contributed by atoms with van der Waals surface area (Å²) in [6.07, 6.45) is 0.854. The van der Waals surface area contributed by atoms with Crippen molar-refractivity contribution in [1.29, 1.82) is 0 Å². The van der Waals surface area contributed by atoms with Crippen molar-refractivity contribution in [3.05, 3.63) is 17.0 Å². The Bertz CT molecular complexity index is 644. The van der Waals surface area contributed by atoms with Crippen LogP contribution >= 0.6 is 11.6 Å². The van der Waals surface area contributed by atoms with Gasteiger partial charge in [-0.1, -0.05) is 11.6 Å². The van der Waals surface area contributed by atoms with Crippen LogP contribution in [0.1, 0.15) is 12.2 Å². The van der Waals surface area contributed by atoms with Gasteiger partial charge in [0.25, 0.3) is 5.88 Å². The Labute approximate surface area is 121 Å². The molecule has 0 bridgehead atoms. The number of hydrogen-bond donors (Lipinski definition) is 0. The molecule has 1 aliphatic heterocycles. The first-order valence-electron chi connectivity index (χ1n) is 6.30. The van der Waals surface area contributed by atoms with E-state index in [2.05, 4.69) is 15.0 Å². The molecule has 7 heteroatoms. The molecule has 1 fully saturated rings. The fourth-order valence-electron chi connectivity index (χ4n) is 2.10. The summed E-state index contributed by atoms with van der Waals surface area (Å²) in [5.74, 6) is 1.48. The maximum absolute atomic E-state index is 6.13. The van der Waals surface area contributed by atoms with Crippen LogP contribution in [0.5, 0.6) is 11.6 Å². The molecule has 1 saturated heterocycles. The van der Waals surface area contributed by atoms with Gasteiger partial charge in [-0.3, -0.25) is 0 Å². The summed E-state index contributed by atoms with van der Waals surface area (Å²) in [4.78, 5) is 12.7. The molecule has 0 aliphatic carbocycles. The van der Waals surface area contributed by atoms with Crippen LogP contribution in [0.25, 0.3) is 11.0 Å². The molecule has 0 unspecified atom stereocenters. The standard InChI is InChI=1S/C13H14ClN3O3/c1-7-15-11(14)9-5-10(20-8-3-4-19-6-8)13(18-2)17-12(9)16-7/h5,8H,3-4,6H2,1-2H3/t8-/m0/s1. The Kier molecular flexibility index (Phi) is 3.58. The summed E-state index contributed by atoms with van der Waals surface area (Å²) in [6, 6.07) is 1.77. The Morgan fingerprint density at radius 2 is 2.20 bits per heavy atom. The number of halogens is 1. The minimum absolute atomic E-state index is 0.00768. The van der Waals surface area contributed by atoms with Gasteiger partial charge in [-0.15, -0.1) is 0 Å². The van der Waals surface area contributed by atoms with E-state index in [4.69, 9.17) is 25.8 Å². The van der Waals surface area contributed by atoms with E-state index in [1.165, 1.54) is 0 Å². The zero-order chi connectivity index (χ0) is 14.1. The highest BCUT2D eigenvalue weighted by molar-refractivity contribution is 6.33. The molecular formula is C13H14ClN3O3. The number of aryl methyl sites for hydroxylation is 1. The largest absolute Gasteiger partial charge is 0.482 e. The van der Waals surface area contributed by atoms with Crippen molar-refractivity contribution in [3.63, 3.8) is 0 Å². The average Bonchev–Trinajstić information content (AvgIpc) is 2.91. The quantitative estimate of drug-likeness (QED) is 0.809. The third-order valence-electron chi connectivity index (χ3n) is 3.06. The van der Waals surface area contributed by atoms with Crippen LogP contribution < -0.4 is 9.47 Å². The molecule has 3 heterocycles. The molecule has 106 valence electrons. The number of ether oxygens (including phenoxy) is 3. The molecule has 0 aromatic carbocycles. The van der Waals surface area contributed by atoms with Crippen LogP contribution in [-0.4, -0.2) is 41.4 Å². The summed E-state index contributed by atoms with van der Waals surface area (Å²) in [7, 11) is 1.54. The van der Waals surface area contributed by atoms with Gasteiger partial charge in [0.2, 0.25) is 0 Å². The number of hydrogen-bond acceptors (Lipinski definition) is 6. The van der Waals surface area contributed by atoms with Gasteiger partial charge in [0, 0.05) is 6.42 Å². The maximum Gasteiger partial charge on any atom is 0.258 e. The second-order valence-electron chi connectivity index (χ2n) is 4.53. The normalized spacial score (nSPS) is 18.4. The van der Waals surface area contributed by atoms with Crippen LogP contribution in [0.4, 0.5) is 0 Å². The molecule has 2 aromatic heterocycles. The van der Waals surface area contributed by atoms with Gasteiger partial charge >= 0.3 is 0 Å². The second-order valence-corrected chi connectivity index (χ2v) is 4.89. The summed E-state index contributed by atoms with van der Waals surface area (Å²) >= 11 is 6.13. The summed E-state index contributed by atoms with van der Waals surface area (Å²) in [5.41, 5.74) is 0.495. The van der Waals surface area contributed by atoms with E-state index in [9.17, 15) is 0 Å². The molecule has 1 aliphatic rings. The highest BCUT2D eigenvalue weighted by atomic mass is 35.5. The van der Waals surface area contributed by atoms with Gasteiger partial charge in [-0.2, -0.15) is 4.98 Å². The van der Waals surface area contributed by atoms with Crippen LogP contribution in [0, 0.1) is 6.92 Å². The molecule has 1 atom stereocenters. The number of rotatable bonds is 3. The molecule has 0 N–H and O–H groups in total. The Hall–Kier alpha value is -1.66. The fourth-order valence-corrected chi connectivity index (χ4v) is 2.36. The average molecular weight is 296 g/mol. The van der Waals surface area contributed by atoms with Gasteiger partial charge in [0.05, 0.1) is 25.7 Å². The molecule has 0 amide bonds. The summed E-state index contributed by atoms with van der Waals surface area (Å²) < 4.78 is 16.4. The highest BCUT2D eigenvalue weighted by Crippen LogP contribution is 2.32. The smallest absolute Gasteiger partial charge is 0.258 e. The minimum Gasteiger partial charge on any atom is -0.482 e. The van der Waals surface area contributed by atoms with Crippen LogP contribution in [0.3, 0.4) is 0 Å². The lowest BCUT2D eigenvalue weighted by atomic mass is 10.3. The predicted molar refractivity (Wildman–Crippen MR) is 73.5 cm³/mol. The topological polar surface area (TPSA) is 66.4 Å². The number of nitrogens with zero attached hydrogens (tertiary/aromatic N) is 3. The van der Waals surface area contributed by atoms with Crippen molar-refractivity contribution < 1.29 is 14.2 Å². The third kappa shape index (κ3) is 2.48. The fraction of sp³-hybridized carbons (Fsp3) is 0.462. The molecule has 0 radical (unpaired) electrons. The van der Waals surface area contributed by atoms with Crippen molar-refractivity contribution in [1.82, 2.24) is 15.0 Å². The molecule has 3 rings (SSSR count). The number of aromatic nitrogens is 3. The lowest BCUT2D eigenvalue weighted by Gasteiger charge is -2.15. The van der Waals surface area contributed by atoms with Gasteiger partial charge in [0.1, 0.15) is 17.1 Å². The van der Waals surface area contributed by atoms with E-state index >= 15 is 0 Å². The SMILES string of the molecule is COc1nc2nc(C)nc(Cl)c2cc1O[C@H]1CCOC1. The van der Waals surface area contributed by atoms with Crippen LogP contribution in [-0.2, 0) is 4.74 Å². The molecule has 0 spiro atoms. The monoisotopic (exact) mass is 295 g/mol. The van der Waals surface area contributed by atoms with Gasteiger partial charge in [0.15, 0.2) is 11.4 Å². The second kappa shape index (κ2) is 5.38. The van der Waals surface area contributed by atoms with E-state index in [1.807, 2.05) is 0 Å². The van der Waals surface area contributed by atoms with Crippen molar-refractivity contribution in [2.45, 2.75) is 19.4 Å². The van der Waals surface area contributed by atoms with E-state index < -0.39 is 0 Å². The van der Waals surface area contributed by atoms with Gasteiger partial charge in [-0.25, -0.2) is 9.97 Å². The number of methoxy groups -OCH3 is 1. The zero-order valence-electron chi connectivity index (χ0n) is 11.2. The predicted octanol–water partition coefficient (Wildman–Crippen LogP) is 2.16. The highest BCUT2D eigenvalue weighted by Gasteiger charge is 2.21. The van der Waals surface area contributed by atoms with E-state index in [0.29, 0.717) is 46.9 Å². The number of pyridine rings is 1. The lowest BCUT2D eigenvalue weighted by molar-refractivity contribution is 0.138. The van der Waals surface area contributed by atoms with Crippen molar-refractivity contribution in [2.24, 2.45) is 0 Å². The molecule has 6 nitrogen and oxygen atoms in total. The summed E-state index contributed by atoms with van der Waals surface area (Å²) in [6.45, 7) is 3.04. The molecule has 2 aromatic rings. The van der Waals surface area contributed by atoms with E-state index in [1.54, 1.807) is 20.1 Å².